The highest BCUT2D eigenvalue weighted by Crippen LogP contribution is 2.16. The number of hydrogen-bond acceptors (Lipinski definition) is 2. The summed E-state index contributed by atoms with van der Waals surface area (Å²) in [5.74, 6) is 0.862. The molecule has 0 amide bonds. The summed E-state index contributed by atoms with van der Waals surface area (Å²) < 4.78 is 0. The Labute approximate surface area is 78.4 Å². The van der Waals surface area contributed by atoms with E-state index in [1.54, 1.807) is 11.3 Å². The van der Waals surface area contributed by atoms with Crippen LogP contribution in [0.2, 0.25) is 0 Å². The average Bonchev–Trinajstić information content (AvgIpc) is 2.34. The largest absolute Gasteiger partial charge is 0.300 e. The standard InChI is InChI=1S/C7H10S.C3H6O/c1-6(2)7-3-4-8-5-7;1-3(2)4/h3-6H,1-2H3;1-2H3. The van der Waals surface area contributed by atoms with Crippen molar-refractivity contribution in [3.63, 3.8) is 0 Å². The fourth-order valence-electron chi connectivity index (χ4n) is 0.604. The van der Waals surface area contributed by atoms with Crippen LogP contribution in [-0.2, 0) is 4.79 Å². The van der Waals surface area contributed by atoms with Gasteiger partial charge >= 0.3 is 0 Å². The number of carbonyl (C=O) groups excluding carboxylic acids is 1. The number of hydrogen-bond donors (Lipinski definition) is 0. The van der Waals surface area contributed by atoms with Crippen LogP contribution in [0.5, 0.6) is 0 Å². The predicted octanol–water partition coefficient (Wildman–Crippen LogP) is 3.47. The number of rotatable bonds is 1. The molecule has 12 heavy (non-hydrogen) atoms. The van der Waals surface area contributed by atoms with Gasteiger partial charge in [0.1, 0.15) is 5.78 Å². The molecule has 0 radical (unpaired) electrons. The van der Waals surface area contributed by atoms with Crippen molar-refractivity contribution in [1.29, 1.82) is 0 Å². The molecule has 0 saturated carbocycles. The zero-order valence-electron chi connectivity index (χ0n) is 8.13. The molecule has 0 atom stereocenters. The van der Waals surface area contributed by atoms with E-state index in [4.69, 9.17) is 0 Å². The van der Waals surface area contributed by atoms with E-state index in [1.165, 1.54) is 19.4 Å². The Morgan fingerprint density at radius 3 is 2.08 bits per heavy atom. The zero-order valence-corrected chi connectivity index (χ0v) is 8.94. The van der Waals surface area contributed by atoms with E-state index >= 15 is 0 Å². The highest BCUT2D eigenvalue weighted by atomic mass is 32.1. The normalized spacial score (nSPS) is 9.08. The van der Waals surface area contributed by atoms with E-state index in [0.29, 0.717) is 5.92 Å². The molecule has 68 valence electrons. The molecule has 0 spiro atoms. The first-order valence-electron chi connectivity index (χ1n) is 4.03. The molecule has 0 aliphatic carbocycles. The number of carbonyl (C=O) groups is 1. The molecule has 0 saturated heterocycles. The molecule has 0 N–H and O–H groups in total. The minimum atomic E-state index is 0.167. The van der Waals surface area contributed by atoms with Gasteiger partial charge in [-0.05, 0) is 42.2 Å². The van der Waals surface area contributed by atoms with Gasteiger partial charge in [-0.3, -0.25) is 0 Å². The third-order valence-electron chi connectivity index (χ3n) is 1.21. The summed E-state index contributed by atoms with van der Waals surface area (Å²) in [6.45, 7) is 7.48. The number of thiophene rings is 1. The summed E-state index contributed by atoms with van der Waals surface area (Å²) in [4.78, 5) is 9.44. The third kappa shape index (κ3) is 6.10. The summed E-state index contributed by atoms with van der Waals surface area (Å²) in [6.07, 6.45) is 0. The van der Waals surface area contributed by atoms with Crippen LogP contribution in [-0.4, -0.2) is 5.78 Å². The third-order valence-corrected chi connectivity index (χ3v) is 1.91. The van der Waals surface area contributed by atoms with Crippen LogP contribution in [0, 0.1) is 0 Å². The van der Waals surface area contributed by atoms with Gasteiger partial charge in [0.05, 0.1) is 0 Å². The molecule has 0 aromatic carbocycles. The molecule has 1 aromatic rings. The smallest absolute Gasteiger partial charge is 0.126 e. The Hall–Kier alpha value is -0.630. The van der Waals surface area contributed by atoms with E-state index in [-0.39, 0.29) is 5.78 Å². The van der Waals surface area contributed by atoms with Crippen molar-refractivity contribution in [2.75, 3.05) is 0 Å². The van der Waals surface area contributed by atoms with Crippen LogP contribution < -0.4 is 0 Å². The fourth-order valence-corrected chi connectivity index (χ4v) is 1.43. The van der Waals surface area contributed by atoms with Crippen LogP contribution in [0.25, 0.3) is 0 Å². The molecule has 1 heterocycles. The molecule has 0 aliphatic heterocycles. The van der Waals surface area contributed by atoms with Crippen molar-refractivity contribution < 1.29 is 4.79 Å². The van der Waals surface area contributed by atoms with Crippen LogP contribution >= 0.6 is 11.3 Å². The number of Topliss-reactive ketones (excluding diaryl/α,β-unsaturated/α-hetero) is 1. The summed E-state index contributed by atoms with van der Waals surface area (Å²) in [7, 11) is 0. The van der Waals surface area contributed by atoms with Crippen molar-refractivity contribution >= 4 is 17.1 Å². The molecule has 0 bridgehead atoms. The molecule has 1 nitrogen and oxygen atoms in total. The lowest BCUT2D eigenvalue weighted by molar-refractivity contribution is -0.114. The highest BCUT2D eigenvalue weighted by molar-refractivity contribution is 7.07. The topological polar surface area (TPSA) is 17.1 Å². The monoisotopic (exact) mass is 184 g/mol. The maximum Gasteiger partial charge on any atom is 0.126 e. The van der Waals surface area contributed by atoms with Crippen LogP contribution in [0.3, 0.4) is 0 Å². The molecular formula is C10H16OS. The van der Waals surface area contributed by atoms with Crippen molar-refractivity contribution in [1.82, 2.24) is 0 Å². The second-order valence-electron chi connectivity index (χ2n) is 3.12. The molecule has 2 heteroatoms. The Balaban J connectivity index is 0.000000261. The van der Waals surface area contributed by atoms with Gasteiger partial charge in [-0.25, -0.2) is 0 Å². The maximum absolute atomic E-state index is 9.44. The molecular weight excluding hydrogens is 168 g/mol. The SMILES string of the molecule is CC(C)=O.CC(C)c1ccsc1. The highest BCUT2D eigenvalue weighted by Gasteiger charge is 1.95. The van der Waals surface area contributed by atoms with Gasteiger partial charge in [0, 0.05) is 0 Å². The van der Waals surface area contributed by atoms with Crippen molar-refractivity contribution in [3.05, 3.63) is 22.4 Å². The molecule has 0 fully saturated rings. The van der Waals surface area contributed by atoms with Gasteiger partial charge in [-0.2, -0.15) is 11.3 Å². The summed E-state index contributed by atoms with van der Waals surface area (Å²) >= 11 is 1.77. The van der Waals surface area contributed by atoms with E-state index in [9.17, 15) is 4.79 Å². The van der Waals surface area contributed by atoms with Crippen molar-refractivity contribution in [3.8, 4) is 0 Å². The lowest BCUT2D eigenvalue weighted by atomic mass is 10.1. The minimum absolute atomic E-state index is 0.167. The van der Waals surface area contributed by atoms with E-state index < -0.39 is 0 Å². The van der Waals surface area contributed by atoms with Gasteiger partial charge < -0.3 is 4.79 Å². The van der Waals surface area contributed by atoms with Gasteiger partial charge in [-0.1, -0.05) is 13.8 Å². The average molecular weight is 184 g/mol. The Bertz CT molecular complexity index is 208. The summed E-state index contributed by atoms with van der Waals surface area (Å²) in [5.41, 5.74) is 1.45. The first-order chi connectivity index (χ1) is 5.54. The van der Waals surface area contributed by atoms with Crippen LogP contribution in [0.1, 0.15) is 39.2 Å². The second-order valence-corrected chi connectivity index (χ2v) is 3.90. The van der Waals surface area contributed by atoms with Crippen molar-refractivity contribution in [2.45, 2.75) is 33.6 Å². The zero-order chi connectivity index (χ0) is 9.56. The molecule has 0 unspecified atom stereocenters. The second kappa shape index (κ2) is 5.95. The van der Waals surface area contributed by atoms with Gasteiger partial charge in [0.25, 0.3) is 0 Å². The molecule has 1 aromatic heterocycles. The van der Waals surface area contributed by atoms with E-state index in [0.717, 1.165) is 0 Å². The van der Waals surface area contributed by atoms with Crippen LogP contribution in [0.15, 0.2) is 16.8 Å². The summed E-state index contributed by atoms with van der Waals surface area (Å²) in [6, 6.07) is 2.18. The Kier molecular flexibility index (Phi) is 5.64. The fraction of sp³-hybridized carbons (Fsp3) is 0.500. The number of ketones is 1. The van der Waals surface area contributed by atoms with Gasteiger partial charge in [0.2, 0.25) is 0 Å². The van der Waals surface area contributed by atoms with E-state index in [1.807, 2.05) is 0 Å². The molecule has 0 aliphatic rings. The lowest BCUT2D eigenvalue weighted by Crippen LogP contribution is -1.79. The Morgan fingerprint density at radius 2 is 1.92 bits per heavy atom. The molecule has 1 rings (SSSR count). The summed E-state index contributed by atoms with van der Waals surface area (Å²) in [5, 5.41) is 4.32. The minimum Gasteiger partial charge on any atom is -0.300 e. The quantitative estimate of drug-likeness (QED) is 0.653. The van der Waals surface area contributed by atoms with Gasteiger partial charge in [0.15, 0.2) is 0 Å². The van der Waals surface area contributed by atoms with E-state index in [2.05, 4.69) is 30.7 Å². The van der Waals surface area contributed by atoms with Gasteiger partial charge in [-0.15, -0.1) is 0 Å². The van der Waals surface area contributed by atoms with Crippen molar-refractivity contribution in [2.24, 2.45) is 0 Å². The lowest BCUT2D eigenvalue weighted by Gasteiger charge is -1.96. The maximum atomic E-state index is 9.44. The van der Waals surface area contributed by atoms with Crippen LogP contribution in [0.4, 0.5) is 0 Å². The predicted molar refractivity (Wildman–Crippen MR) is 54.8 cm³/mol. The Morgan fingerprint density at radius 1 is 1.42 bits per heavy atom. The first-order valence-corrected chi connectivity index (χ1v) is 4.97. The first kappa shape index (κ1) is 11.4.